The normalized spacial score (nSPS) is 15.6. The van der Waals surface area contributed by atoms with Gasteiger partial charge in [-0.1, -0.05) is 71.9 Å². The van der Waals surface area contributed by atoms with E-state index < -0.39 is 46.2 Å². The number of carboxylic acid groups (broad SMARTS) is 1. The van der Waals surface area contributed by atoms with Crippen molar-refractivity contribution in [1.82, 2.24) is 50.2 Å². The molecule has 0 saturated carbocycles. The fourth-order valence-electron chi connectivity index (χ4n) is 7.70. The van der Waals surface area contributed by atoms with Crippen LogP contribution in [0.15, 0.2) is 48.5 Å². The minimum atomic E-state index is -1.38. The molecule has 2 aromatic heterocycles. The van der Waals surface area contributed by atoms with Crippen LogP contribution in [-0.2, 0) is 35.8 Å². The summed E-state index contributed by atoms with van der Waals surface area (Å²) in [4.78, 5) is 76.5. The van der Waals surface area contributed by atoms with Gasteiger partial charge in [0.15, 0.2) is 11.4 Å². The Kier molecular flexibility index (Phi) is 14.7. The van der Waals surface area contributed by atoms with Crippen molar-refractivity contribution in [1.29, 1.82) is 0 Å². The highest BCUT2D eigenvalue weighted by Crippen LogP contribution is 2.30. The molecule has 2 aliphatic heterocycles. The van der Waals surface area contributed by atoms with Crippen molar-refractivity contribution in [2.75, 3.05) is 41.3 Å². The summed E-state index contributed by atoms with van der Waals surface area (Å²) in [7, 11) is 7.08. The molecule has 0 saturated heterocycles. The molecule has 334 valence electrons. The monoisotopic (exact) mass is 856 g/mol. The van der Waals surface area contributed by atoms with E-state index in [2.05, 4.69) is 47.7 Å². The minimum Gasteiger partial charge on any atom is -0.478 e. The highest BCUT2D eigenvalue weighted by molar-refractivity contribution is 5.99. The van der Waals surface area contributed by atoms with Crippen molar-refractivity contribution in [2.24, 2.45) is 10.8 Å². The van der Waals surface area contributed by atoms with E-state index in [4.69, 9.17) is 4.98 Å². The highest BCUT2D eigenvalue weighted by Gasteiger charge is 2.36. The maximum atomic E-state index is 14.0. The Bertz CT molecular complexity index is 2290. The second kappa shape index (κ2) is 19.4. The molecule has 0 radical (unpaired) electrons. The van der Waals surface area contributed by atoms with Crippen molar-refractivity contribution in [3.63, 3.8) is 0 Å². The number of carbonyl (C=O) groups is 5. The number of rotatable bonds is 9. The summed E-state index contributed by atoms with van der Waals surface area (Å²) >= 11 is 0. The average Bonchev–Trinajstić information content (AvgIpc) is 3.59. The number of carbonyl (C=O) groups excluding carboxylic acids is 4. The minimum absolute atomic E-state index is 0.165. The van der Waals surface area contributed by atoms with Crippen molar-refractivity contribution in [3.05, 3.63) is 82.7 Å². The van der Waals surface area contributed by atoms with Crippen LogP contribution in [0.5, 0.6) is 0 Å². The first-order valence-electron chi connectivity index (χ1n) is 20.9. The fourth-order valence-corrected chi connectivity index (χ4v) is 7.70. The molecule has 0 unspecified atom stereocenters. The number of hydrogen-bond acceptors (Lipinski definition) is 9. The zero-order valence-electron chi connectivity index (χ0n) is 37.5. The van der Waals surface area contributed by atoms with Crippen LogP contribution in [0.4, 0.5) is 4.39 Å². The van der Waals surface area contributed by atoms with Gasteiger partial charge >= 0.3 is 5.97 Å². The molecule has 2 aromatic carbocycles. The van der Waals surface area contributed by atoms with Gasteiger partial charge in [-0.15, -0.1) is 0 Å². The third-order valence-electron chi connectivity index (χ3n) is 11.0. The fraction of sp³-hybridized carbons (Fsp3) is 0.489. The summed E-state index contributed by atoms with van der Waals surface area (Å²) in [6, 6.07) is 12.3. The molecule has 16 nitrogen and oxygen atoms in total. The Morgan fingerprint density at radius 1 is 0.661 bits per heavy atom. The number of amides is 4. The predicted molar refractivity (Wildman–Crippen MR) is 234 cm³/mol. The Morgan fingerprint density at radius 3 is 1.50 bits per heavy atom. The van der Waals surface area contributed by atoms with Gasteiger partial charge in [0.1, 0.15) is 29.5 Å². The summed E-state index contributed by atoms with van der Waals surface area (Å²) in [5.74, 6) is -2.37. The Balaban J connectivity index is 0.000000236. The van der Waals surface area contributed by atoms with Gasteiger partial charge in [-0.25, -0.2) is 19.2 Å². The molecular formula is C45H61FN10O6. The van der Waals surface area contributed by atoms with Crippen LogP contribution in [0.3, 0.4) is 0 Å². The van der Waals surface area contributed by atoms with E-state index in [9.17, 15) is 33.5 Å². The number of nitrogens with one attached hydrogen (secondary N) is 4. The molecule has 17 heteroatoms. The molecule has 62 heavy (non-hydrogen) atoms. The molecule has 0 fully saturated rings. The summed E-state index contributed by atoms with van der Waals surface area (Å²) in [6.45, 7) is 15.6. The first-order chi connectivity index (χ1) is 29.2. The molecular weight excluding hydrogens is 796 g/mol. The number of hydrogen-bond donors (Lipinski definition) is 5. The number of likely N-dealkylation sites (N-methyl/N-ethyl adjacent to an activating group) is 2. The van der Waals surface area contributed by atoms with E-state index in [0.29, 0.717) is 42.4 Å². The van der Waals surface area contributed by atoms with Crippen LogP contribution in [-0.4, -0.2) is 117 Å². The van der Waals surface area contributed by atoms with Crippen LogP contribution in [0.2, 0.25) is 0 Å². The zero-order valence-corrected chi connectivity index (χ0v) is 37.5. The molecule has 6 rings (SSSR count). The third kappa shape index (κ3) is 10.7. The number of fused-ring (bicyclic) bond motifs is 2. The number of imidazole rings is 2. The van der Waals surface area contributed by atoms with Crippen LogP contribution in [0.25, 0.3) is 22.8 Å². The molecule has 4 amide bonds. The maximum Gasteiger partial charge on any atom is 0.338 e. The first-order valence-corrected chi connectivity index (χ1v) is 20.9. The average molecular weight is 857 g/mol. The van der Waals surface area contributed by atoms with Gasteiger partial charge in [0.2, 0.25) is 11.8 Å². The summed E-state index contributed by atoms with van der Waals surface area (Å²) < 4.78 is 18.0. The van der Waals surface area contributed by atoms with Gasteiger partial charge in [-0.2, -0.15) is 0 Å². The van der Waals surface area contributed by atoms with Crippen molar-refractivity contribution >= 4 is 29.6 Å². The van der Waals surface area contributed by atoms with Gasteiger partial charge in [-0.3, -0.25) is 19.2 Å². The summed E-state index contributed by atoms with van der Waals surface area (Å²) in [6.07, 6.45) is 1.79. The SMILES string of the molecule is CNC(=O)[C@@H](NC(=O)c1nc(-c2ccc(F)c(C(=O)O)c2)n2c1CN(C)CCC2)C(C)(C)C.CNC(=O)[C@@H](NC(=O)c1nc(-c2ccccc2)n2c1CN(C)CCC2)C(C)(C)C. The zero-order chi connectivity index (χ0) is 45.7. The first kappa shape index (κ1) is 47.1. The lowest BCUT2D eigenvalue weighted by Gasteiger charge is -2.29. The Hall–Kier alpha value is -5.94. The molecule has 0 bridgehead atoms. The highest BCUT2D eigenvalue weighted by atomic mass is 19.1. The number of halogens is 1. The van der Waals surface area contributed by atoms with Crippen LogP contribution < -0.4 is 21.3 Å². The molecule has 5 N–H and O–H groups in total. The van der Waals surface area contributed by atoms with E-state index in [1.807, 2.05) is 83.5 Å². The summed E-state index contributed by atoms with van der Waals surface area (Å²) in [5.41, 5.74) is 2.07. The molecule has 4 aromatic rings. The molecule has 0 aliphatic carbocycles. The van der Waals surface area contributed by atoms with E-state index in [-0.39, 0.29) is 23.4 Å². The second-order valence-corrected chi connectivity index (χ2v) is 18.1. The van der Waals surface area contributed by atoms with Gasteiger partial charge in [0.25, 0.3) is 11.8 Å². The molecule has 2 aliphatic rings. The van der Waals surface area contributed by atoms with Crippen molar-refractivity contribution < 1.29 is 33.5 Å². The second-order valence-electron chi connectivity index (χ2n) is 18.1. The smallest absolute Gasteiger partial charge is 0.338 e. The molecule has 4 heterocycles. The third-order valence-corrected chi connectivity index (χ3v) is 11.0. The van der Waals surface area contributed by atoms with E-state index in [1.54, 1.807) is 7.05 Å². The number of aromatic carboxylic acids is 1. The lowest BCUT2D eigenvalue weighted by atomic mass is 9.86. The van der Waals surface area contributed by atoms with Gasteiger partial charge in [0, 0.05) is 51.4 Å². The predicted octanol–water partition coefficient (Wildman–Crippen LogP) is 4.39. The maximum absolute atomic E-state index is 14.0. The van der Waals surface area contributed by atoms with Crippen LogP contribution >= 0.6 is 0 Å². The van der Waals surface area contributed by atoms with Crippen LogP contribution in [0.1, 0.15) is 97.1 Å². The molecule has 2 atom stereocenters. The number of nitrogens with zero attached hydrogens (tertiary/aromatic N) is 6. The van der Waals surface area contributed by atoms with E-state index in [0.717, 1.165) is 55.6 Å². The number of benzene rings is 2. The van der Waals surface area contributed by atoms with Crippen molar-refractivity contribution in [3.8, 4) is 22.8 Å². The van der Waals surface area contributed by atoms with Gasteiger partial charge in [0.05, 0.1) is 17.0 Å². The number of aromatic nitrogens is 4. The lowest BCUT2D eigenvalue weighted by molar-refractivity contribution is -0.125. The lowest BCUT2D eigenvalue weighted by Crippen LogP contribution is -2.53. The standard InChI is InChI=1S/C23H30FN5O4.C22H31N5O2/c1-23(2,3)18(21(31)25-4)27-20(30)17-16-12-28(5)9-6-10-29(16)19(26-17)13-7-8-15(24)14(11-13)22(32)33;1-22(2,3)18(21(29)23-4)25-20(28)17-16-14-26(5)12-9-13-27(16)19(24-17)15-10-7-6-8-11-15/h7-8,11,18H,6,9-10,12H2,1-5H3,(H,25,31)(H,27,30)(H,32,33);6-8,10-11,18H,9,12-14H2,1-5H3,(H,23,29)(H,25,28)/t2*18-/m11/s1. The largest absolute Gasteiger partial charge is 0.478 e. The van der Waals surface area contributed by atoms with E-state index in [1.165, 1.54) is 19.2 Å². The van der Waals surface area contributed by atoms with Gasteiger partial charge in [-0.05, 0) is 69.1 Å². The quantitative estimate of drug-likeness (QED) is 0.161. The van der Waals surface area contributed by atoms with E-state index >= 15 is 0 Å². The van der Waals surface area contributed by atoms with Gasteiger partial charge < -0.3 is 45.3 Å². The molecule has 0 spiro atoms. The van der Waals surface area contributed by atoms with Crippen LogP contribution in [0, 0.1) is 16.6 Å². The Labute approximate surface area is 362 Å². The van der Waals surface area contributed by atoms with Crippen molar-refractivity contribution in [2.45, 2.75) is 92.6 Å². The number of carboxylic acids is 1. The topological polar surface area (TPSA) is 196 Å². The Morgan fingerprint density at radius 2 is 1.10 bits per heavy atom. The summed E-state index contributed by atoms with van der Waals surface area (Å²) in [5, 5.41) is 20.3.